The Morgan fingerprint density at radius 1 is 1.18 bits per heavy atom. The number of benzene rings is 2. The summed E-state index contributed by atoms with van der Waals surface area (Å²) in [5.74, 6) is 0.619. The first-order valence-electron chi connectivity index (χ1n) is 8.94. The molecule has 1 heterocycles. The Labute approximate surface area is 169 Å². The number of halogens is 1. The van der Waals surface area contributed by atoms with E-state index in [1.807, 2.05) is 12.1 Å². The lowest BCUT2D eigenvalue weighted by atomic mass is 10.1. The highest BCUT2D eigenvalue weighted by atomic mass is 35.5. The molecule has 0 N–H and O–H groups in total. The molecule has 0 radical (unpaired) electrons. The van der Waals surface area contributed by atoms with Crippen LogP contribution < -0.4 is 14.4 Å². The second kappa shape index (κ2) is 8.52. The zero-order chi connectivity index (χ0) is 20.3. The van der Waals surface area contributed by atoms with Crippen LogP contribution in [-0.4, -0.2) is 44.5 Å². The normalized spacial score (nSPS) is 16.2. The van der Waals surface area contributed by atoms with Crippen molar-refractivity contribution in [2.45, 2.75) is 13.0 Å². The quantitative estimate of drug-likeness (QED) is 0.743. The number of hydrogen-bond acceptors (Lipinski definition) is 4. The van der Waals surface area contributed by atoms with Crippen LogP contribution in [0.2, 0.25) is 5.02 Å². The van der Waals surface area contributed by atoms with Gasteiger partial charge in [-0.1, -0.05) is 23.7 Å². The molecule has 1 unspecified atom stereocenters. The number of hydrogen-bond donors (Lipinski definition) is 0. The van der Waals surface area contributed by atoms with E-state index in [1.165, 1.54) is 0 Å². The molecule has 2 aromatic rings. The van der Waals surface area contributed by atoms with E-state index in [0.29, 0.717) is 35.3 Å². The molecule has 0 saturated carbocycles. The van der Waals surface area contributed by atoms with Crippen molar-refractivity contribution in [3.05, 3.63) is 53.1 Å². The van der Waals surface area contributed by atoms with Crippen molar-refractivity contribution in [2.75, 3.05) is 32.7 Å². The van der Waals surface area contributed by atoms with E-state index in [9.17, 15) is 9.59 Å². The fraction of sp³-hybridized carbons (Fsp3) is 0.333. The number of nitrogens with zero attached hydrogens (tertiary/aromatic N) is 2. The van der Waals surface area contributed by atoms with Crippen LogP contribution in [0.15, 0.2) is 42.5 Å². The van der Waals surface area contributed by atoms with E-state index < -0.39 is 5.92 Å². The van der Waals surface area contributed by atoms with Gasteiger partial charge >= 0.3 is 0 Å². The van der Waals surface area contributed by atoms with Gasteiger partial charge in [-0.3, -0.25) is 9.59 Å². The minimum Gasteiger partial charge on any atom is -0.497 e. The van der Waals surface area contributed by atoms with Crippen molar-refractivity contribution in [3.8, 4) is 11.5 Å². The largest absolute Gasteiger partial charge is 0.497 e. The first-order valence-corrected chi connectivity index (χ1v) is 9.32. The summed E-state index contributed by atoms with van der Waals surface area (Å²) in [7, 11) is 4.86. The highest BCUT2D eigenvalue weighted by molar-refractivity contribution is 6.30. The molecule has 2 aromatic carbocycles. The molecule has 7 heteroatoms. The van der Waals surface area contributed by atoms with E-state index in [-0.39, 0.29) is 18.2 Å². The van der Waals surface area contributed by atoms with Crippen molar-refractivity contribution in [3.63, 3.8) is 0 Å². The maximum Gasteiger partial charge on any atom is 0.228 e. The molecule has 0 aliphatic carbocycles. The van der Waals surface area contributed by atoms with Gasteiger partial charge in [0, 0.05) is 37.6 Å². The van der Waals surface area contributed by atoms with Crippen molar-refractivity contribution in [1.82, 2.24) is 4.90 Å². The Morgan fingerprint density at radius 2 is 1.89 bits per heavy atom. The van der Waals surface area contributed by atoms with Crippen molar-refractivity contribution >= 4 is 29.1 Å². The van der Waals surface area contributed by atoms with E-state index >= 15 is 0 Å². The maximum atomic E-state index is 12.9. The molecule has 28 heavy (non-hydrogen) atoms. The highest BCUT2D eigenvalue weighted by Gasteiger charge is 2.37. The zero-order valence-corrected chi connectivity index (χ0v) is 16.9. The molecule has 1 fully saturated rings. The summed E-state index contributed by atoms with van der Waals surface area (Å²) in [4.78, 5) is 28.7. The Bertz CT molecular complexity index is 869. The zero-order valence-electron chi connectivity index (χ0n) is 16.1. The van der Waals surface area contributed by atoms with Crippen molar-refractivity contribution in [1.29, 1.82) is 0 Å². The summed E-state index contributed by atoms with van der Waals surface area (Å²) in [6.07, 6.45) is 0.171. The fourth-order valence-electron chi connectivity index (χ4n) is 3.37. The van der Waals surface area contributed by atoms with Gasteiger partial charge in [0.25, 0.3) is 0 Å². The van der Waals surface area contributed by atoms with Gasteiger partial charge in [0.2, 0.25) is 11.8 Å². The van der Waals surface area contributed by atoms with Crippen LogP contribution in [0.3, 0.4) is 0 Å². The third-order valence-corrected chi connectivity index (χ3v) is 5.11. The number of methoxy groups -OCH3 is 2. The summed E-state index contributed by atoms with van der Waals surface area (Å²) in [6.45, 7) is 0.773. The van der Waals surface area contributed by atoms with Crippen molar-refractivity contribution < 1.29 is 19.1 Å². The summed E-state index contributed by atoms with van der Waals surface area (Å²) in [5.41, 5.74) is 1.60. The van der Waals surface area contributed by atoms with Gasteiger partial charge in [0.05, 0.1) is 25.8 Å². The fourth-order valence-corrected chi connectivity index (χ4v) is 3.49. The third kappa shape index (κ3) is 4.22. The first kappa shape index (κ1) is 20.0. The van der Waals surface area contributed by atoms with E-state index in [2.05, 4.69) is 0 Å². The molecule has 6 nitrogen and oxygen atoms in total. The molecular formula is C21H23ClN2O4. The van der Waals surface area contributed by atoms with Crippen LogP contribution in [-0.2, 0) is 16.1 Å². The van der Waals surface area contributed by atoms with Crippen LogP contribution in [0.5, 0.6) is 11.5 Å². The number of carbonyl (C=O) groups is 2. The smallest absolute Gasteiger partial charge is 0.228 e. The molecule has 1 aliphatic heterocycles. The van der Waals surface area contributed by atoms with Gasteiger partial charge in [-0.05, 0) is 29.8 Å². The number of rotatable bonds is 6. The number of amides is 2. The Balaban J connectivity index is 1.73. The van der Waals surface area contributed by atoms with Gasteiger partial charge in [-0.2, -0.15) is 0 Å². The Morgan fingerprint density at radius 3 is 2.54 bits per heavy atom. The molecule has 148 valence electrons. The summed E-state index contributed by atoms with van der Waals surface area (Å²) in [5, 5.41) is 0.655. The van der Waals surface area contributed by atoms with Crippen LogP contribution in [0.1, 0.15) is 12.0 Å². The average molecular weight is 403 g/mol. The molecule has 0 bridgehead atoms. The van der Waals surface area contributed by atoms with Gasteiger partial charge in [0.15, 0.2) is 0 Å². The summed E-state index contributed by atoms with van der Waals surface area (Å²) in [6, 6.07) is 12.6. The van der Waals surface area contributed by atoms with Gasteiger partial charge in [-0.15, -0.1) is 0 Å². The number of anilines is 1. The van der Waals surface area contributed by atoms with Crippen LogP contribution in [0, 0.1) is 5.92 Å². The van der Waals surface area contributed by atoms with E-state index in [4.69, 9.17) is 21.1 Å². The lowest BCUT2D eigenvalue weighted by molar-refractivity contribution is -0.135. The molecule has 3 rings (SSSR count). The minimum absolute atomic E-state index is 0.0623. The summed E-state index contributed by atoms with van der Waals surface area (Å²) < 4.78 is 10.6. The predicted octanol–water partition coefficient (Wildman–Crippen LogP) is 3.37. The van der Waals surface area contributed by atoms with Crippen molar-refractivity contribution in [2.24, 2.45) is 5.92 Å². The number of carbonyl (C=O) groups excluding carboxylic acids is 2. The predicted molar refractivity (Wildman–Crippen MR) is 108 cm³/mol. The number of ether oxygens (including phenoxy) is 2. The first-order chi connectivity index (χ1) is 13.4. The average Bonchev–Trinajstić information content (AvgIpc) is 3.09. The Hall–Kier alpha value is -2.73. The second-order valence-electron chi connectivity index (χ2n) is 6.76. The van der Waals surface area contributed by atoms with E-state index in [0.717, 1.165) is 5.56 Å². The van der Waals surface area contributed by atoms with Gasteiger partial charge in [0.1, 0.15) is 11.5 Å². The topological polar surface area (TPSA) is 59.1 Å². The van der Waals surface area contributed by atoms with E-state index in [1.54, 1.807) is 61.4 Å². The highest BCUT2D eigenvalue weighted by Crippen LogP contribution is 2.36. The molecule has 0 spiro atoms. The standard InChI is InChI=1S/C21H23ClN2O4/c1-23(12-14-4-6-16(22)7-5-14)21(26)15-10-20(25)24(13-15)18-11-17(27-2)8-9-19(18)28-3/h4-9,11,15H,10,12-13H2,1-3H3. The molecule has 1 saturated heterocycles. The molecule has 1 aliphatic rings. The third-order valence-electron chi connectivity index (χ3n) is 4.86. The summed E-state index contributed by atoms with van der Waals surface area (Å²) >= 11 is 5.91. The van der Waals surface area contributed by atoms with Crippen LogP contribution in [0.25, 0.3) is 0 Å². The Kier molecular flexibility index (Phi) is 6.09. The van der Waals surface area contributed by atoms with Gasteiger partial charge < -0.3 is 19.3 Å². The molecule has 0 aromatic heterocycles. The lowest BCUT2D eigenvalue weighted by Gasteiger charge is -2.22. The van der Waals surface area contributed by atoms with Crippen LogP contribution >= 0.6 is 11.6 Å². The lowest BCUT2D eigenvalue weighted by Crippen LogP contribution is -2.34. The monoisotopic (exact) mass is 402 g/mol. The molecule has 2 amide bonds. The maximum absolute atomic E-state index is 12.9. The minimum atomic E-state index is -0.402. The SMILES string of the molecule is COc1ccc(OC)c(N2CC(C(=O)N(C)Cc3ccc(Cl)cc3)CC2=O)c1. The van der Waals surface area contributed by atoms with Crippen LogP contribution in [0.4, 0.5) is 5.69 Å². The second-order valence-corrected chi connectivity index (χ2v) is 7.20. The van der Waals surface area contributed by atoms with Gasteiger partial charge in [-0.25, -0.2) is 0 Å². The molecular weight excluding hydrogens is 380 g/mol. The molecule has 1 atom stereocenters.